The Morgan fingerprint density at radius 3 is 2.89 bits per heavy atom. The van der Waals surface area contributed by atoms with Gasteiger partial charge in [-0.25, -0.2) is 18.4 Å². The molecule has 1 N–H and O–H groups in total. The summed E-state index contributed by atoms with van der Waals surface area (Å²) in [6, 6.07) is 7.02. The Balaban J connectivity index is 1.93. The lowest BCUT2D eigenvalue weighted by molar-refractivity contribution is 0.600. The minimum Gasteiger partial charge on any atom is -0.340 e. The van der Waals surface area contributed by atoms with Crippen molar-refractivity contribution in [3.63, 3.8) is 0 Å². The zero-order valence-corrected chi connectivity index (χ0v) is 10.3. The van der Waals surface area contributed by atoms with Crippen molar-refractivity contribution >= 4 is 21.3 Å². The molecule has 2 aromatic rings. The second-order valence-corrected chi connectivity index (χ2v) is 6.19. The van der Waals surface area contributed by atoms with E-state index in [9.17, 15) is 8.42 Å². The summed E-state index contributed by atoms with van der Waals surface area (Å²) in [7, 11) is -3.05. The maximum atomic E-state index is 11.7. The molecule has 0 fully saturated rings. The van der Waals surface area contributed by atoms with Gasteiger partial charge in [0.05, 0.1) is 10.6 Å². The molecule has 0 spiro atoms. The van der Waals surface area contributed by atoms with Gasteiger partial charge in [-0.1, -0.05) is 0 Å². The van der Waals surface area contributed by atoms with E-state index in [-0.39, 0.29) is 5.75 Å². The molecule has 1 aromatic carbocycles. The smallest absolute Gasteiger partial charge is 0.178 e. The van der Waals surface area contributed by atoms with E-state index < -0.39 is 9.84 Å². The Hall–Kier alpha value is -1.95. The van der Waals surface area contributed by atoms with E-state index in [0.717, 1.165) is 11.3 Å². The average molecular weight is 261 g/mol. The van der Waals surface area contributed by atoms with Gasteiger partial charge in [0.1, 0.15) is 12.1 Å². The van der Waals surface area contributed by atoms with Crippen LogP contribution in [0.5, 0.6) is 0 Å². The quantitative estimate of drug-likeness (QED) is 0.888. The SMILES string of the molecule is O=S1(=O)CCc2cc(Nc3ccncn3)ccc21. The van der Waals surface area contributed by atoms with Gasteiger partial charge in [0.2, 0.25) is 0 Å². The molecule has 5 nitrogen and oxygen atoms in total. The molecule has 0 amide bonds. The maximum absolute atomic E-state index is 11.7. The number of aromatic nitrogens is 2. The van der Waals surface area contributed by atoms with Crippen LogP contribution in [0.3, 0.4) is 0 Å². The number of sulfone groups is 1. The Bertz CT molecular complexity index is 684. The van der Waals surface area contributed by atoms with Crippen LogP contribution in [-0.4, -0.2) is 24.1 Å². The van der Waals surface area contributed by atoms with Crippen molar-refractivity contribution in [2.75, 3.05) is 11.1 Å². The number of hydrogen-bond donors (Lipinski definition) is 1. The van der Waals surface area contributed by atoms with Crippen LogP contribution in [0.4, 0.5) is 11.5 Å². The number of rotatable bonds is 2. The van der Waals surface area contributed by atoms with E-state index in [1.165, 1.54) is 6.33 Å². The monoisotopic (exact) mass is 261 g/mol. The van der Waals surface area contributed by atoms with Crippen LogP contribution in [0.15, 0.2) is 41.7 Å². The first-order chi connectivity index (χ1) is 8.65. The van der Waals surface area contributed by atoms with Crippen molar-refractivity contribution in [2.24, 2.45) is 0 Å². The molecular weight excluding hydrogens is 250 g/mol. The van der Waals surface area contributed by atoms with Crippen LogP contribution < -0.4 is 5.32 Å². The Labute approximate surface area is 105 Å². The molecule has 92 valence electrons. The Kier molecular flexibility index (Phi) is 2.52. The first-order valence-corrected chi connectivity index (χ1v) is 7.19. The highest BCUT2D eigenvalue weighted by Gasteiger charge is 2.25. The number of benzene rings is 1. The van der Waals surface area contributed by atoms with Gasteiger partial charge in [-0.2, -0.15) is 0 Å². The lowest BCUT2D eigenvalue weighted by Gasteiger charge is -2.06. The highest BCUT2D eigenvalue weighted by Crippen LogP contribution is 2.29. The fourth-order valence-electron chi connectivity index (χ4n) is 2.02. The molecule has 6 heteroatoms. The van der Waals surface area contributed by atoms with Crippen LogP contribution in [0.1, 0.15) is 5.56 Å². The van der Waals surface area contributed by atoms with Crippen molar-refractivity contribution in [3.05, 3.63) is 42.4 Å². The fraction of sp³-hybridized carbons (Fsp3) is 0.167. The molecule has 1 aliphatic heterocycles. The third kappa shape index (κ3) is 1.95. The van der Waals surface area contributed by atoms with E-state index in [1.54, 1.807) is 24.4 Å². The summed E-state index contributed by atoms with van der Waals surface area (Å²) in [5.41, 5.74) is 1.71. The largest absolute Gasteiger partial charge is 0.340 e. The normalized spacial score (nSPS) is 16.2. The first-order valence-electron chi connectivity index (χ1n) is 5.54. The minimum absolute atomic E-state index is 0.208. The van der Waals surface area contributed by atoms with Gasteiger partial charge < -0.3 is 5.32 Å². The Morgan fingerprint density at radius 2 is 2.11 bits per heavy atom. The van der Waals surface area contributed by atoms with Gasteiger partial charge >= 0.3 is 0 Å². The third-order valence-corrected chi connectivity index (χ3v) is 4.70. The van der Waals surface area contributed by atoms with Gasteiger partial charge in [-0.3, -0.25) is 0 Å². The zero-order valence-electron chi connectivity index (χ0n) is 9.50. The summed E-state index contributed by atoms with van der Waals surface area (Å²) in [4.78, 5) is 8.34. The second kappa shape index (κ2) is 4.06. The number of aryl methyl sites for hydroxylation is 1. The topological polar surface area (TPSA) is 72.0 Å². The van der Waals surface area contributed by atoms with E-state index in [4.69, 9.17) is 0 Å². The van der Waals surface area contributed by atoms with Gasteiger partial charge in [0.15, 0.2) is 9.84 Å². The standard InChI is InChI=1S/C12H11N3O2S/c16-18(17)6-4-9-7-10(1-2-11(9)18)15-12-3-5-13-8-14-12/h1-3,5,7-8H,4,6H2,(H,13,14,15). The van der Waals surface area contributed by atoms with Crippen molar-refractivity contribution in [1.29, 1.82) is 0 Å². The summed E-state index contributed by atoms with van der Waals surface area (Å²) < 4.78 is 23.4. The Morgan fingerprint density at radius 1 is 1.22 bits per heavy atom. The third-order valence-electron chi connectivity index (χ3n) is 2.89. The minimum atomic E-state index is -3.05. The van der Waals surface area contributed by atoms with E-state index >= 15 is 0 Å². The molecule has 0 atom stereocenters. The molecule has 3 rings (SSSR count). The highest BCUT2D eigenvalue weighted by atomic mass is 32.2. The van der Waals surface area contributed by atoms with Crippen LogP contribution in [0.25, 0.3) is 0 Å². The second-order valence-electron chi connectivity index (χ2n) is 4.11. The van der Waals surface area contributed by atoms with E-state index in [0.29, 0.717) is 17.1 Å². The van der Waals surface area contributed by atoms with Crippen LogP contribution >= 0.6 is 0 Å². The first kappa shape index (κ1) is 11.2. The maximum Gasteiger partial charge on any atom is 0.178 e. The summed E-state index contributed by atoms with van der Waals surface area (Å²) in [6.45, 7) is 0. The number of nitrogens with zero attached hydrogens (tertiary/aromatic N) is 2. The number of anilines is 2. The van der Waals surface area contributed by atoms with Gasteiger partial charge in [-0.15, -0.1) is 0 Å². The molecule has 2 heterocycles. The summed E-state index contributed by atoms with van der Waals surface area (Å²) >= 11 is 0. The summed E-state index contributed by atoms with van der Waals surface area (Å²) in [5.74, 6) is 0.894. The molecular formula is C12H11N3O2S. The zero-order chi connectivity index (χ0) is 12.6. The molecule has 1 aliphatic rings. The van der Waals surface area contributed by atoms with Crippen LogP contribution in [-0.2, 0) is 16.3 Å². The van der Waals surface area contributed by atoms with Crippen LogP contribution in [0.2, 0.25) is 0 Å². The fourth-order valence-corrected chi connectivity index (χ4v) is 3.57. The lowest BCUT2D eigenvalue weighted by atomic mass is 10.1. The van der Waals surface area contributed by atoms with Gasteiger partial charge in [0, 0.05) is 11.9 Å². The van der Waals surface area contributed by atoms with Crippen molar-refractivity contribution in [2.45, 2.75) is 11.3 Å². The lowest BCUT2D eigenvalue weighted by Crippen LogP contribution is -1.98. The molecule has 0 unspecified atom stereocenters. The van der Waals surface area contributed by atoms with E-state index in [1.807, 2.05) is 6.07 Å². The summed E-state index contributed by atoms with van der Waals surface area (Å²) in [6.07, 6.45) is 3.68. The molecule has 0 saturated heterocycles. The average Bonchev–Trinajstić information content (AvgIpc) is 2.66. The number of nitrogens with one attached hydrogen (secondary N) is 1. The van der Waals surface area contributed by atoms with Crippen molar-refractivity contribution in [3.8, 4) is 0 Å². The van der Waals surface area contributed by atoms with Crippen molar-refractivity contribution in [1.82, 2.24) is 9.97 Å². The molecule has 1 aromatic heterocycles. The molecule has 0 bridgehead atoms. The predicted molar refractivity (Wildman–Crippen MR) is 67.5 cm³/mol. The predicted octanol–water partition coefficient (Wildman–Crippen LogP) is 1.55. The highest BCUT2D eigenvalue weighted by molar-refractivity contribution is 7.91. The summed E-state index contributed by atoms with van der Waals surface area (Å²) in [5, 5.41) is 3.12. The number of fused-ring (bicyclic) bond motifs is 1. The molecule has 18 heavy (non-hydrogen) atoms. The molecule has 0 saturated carbocycles. The van der Waals surface area contributed by atoms with Gasteiger partial charge in [0.25, 0.3) is 0 Å². The van der Waals surface area contributed by atoms with Gasteiger partial charge in [-0.05, 0) is 36.2 Å². The number of hydrogen-bond acceptors (Lipinski definition) is 5. The molecule has 0 aliphatic carbocycles. The van der Waals surface area contributed by atoms with Crippen molar-refractivity contribution < 1.29 is 8.42 Å². The molecule has 0 radical (unpaired) electrons. The van der Waals surface area contributed by atoms with E-state index in [2.05, 4.69) is 15.3 Å². The van der Waals surface area contributed by atoms with Crippen LogP contribution in [0, 0.1) is 0 Å².